The maximum Gasteiger partial charge on any atom is 0.257 e. The van der Waals surface area contributed by atoms with Gasteiger partial charge in [-0.3, -0.25) is 9.59 Å². The molecule has 0 saturated carbocycles. The summed E-state index contributed by atoms with van der Waals surface area (Å²) in [5, 5.41) is 6.00. The van der Waals surface area contributed by atoms with E-state index in [-0.39, 0.29) is 24.5 Å². The zero-order chi connectivity index (χ0) is 15.9. The van der Waals surface area contributed by atoms with Crippen LogP contribution in [0, 0.1) is 5.82 Å². The molecular formula is C15H14FN3O3. The highest BCUT2D eigenvalue weighted by atomic mass is 19.1. The van der Waals surface area contributed by atoms with Crippen LogP contribution in [0.3, 0.4) is 0 Å². The lowest BCUT2D eigenvalue weighted by Gasteiger charge is -2.20. The van der Waals surface area contributed by atoms with Crippen molar-refractivity contribution >= 4 is 17.6 Å². The predicted molar refractivity (Wildman–Crippen MR) is 77.6 cm³/mol. The minimum absolute atomic E-state index is 0.0985. The van der Waals surface area contributed by atoms with E-state index in [0.717, 1.165) is 0 Å². The summed E-state index contributed by atoms with van der Waals surface area (Å²) in [5.74, 6) is -1.46. The first-order valence-corrected chi connectivity index (χ1v) is 6.46. The molecule has 0 bridgehead atoms. The van der Waals surface area contributed by atoms with Crippen molar-refractivity contribution in [2.24, 2.45) is 0 Å². The zero-order valence-electron chi connectivity index (χ0n) is 11.7. The molecule has 1 heterocycles. The van der Waals surface area contributed by atoms with Crippen LogP contribution in [0.2, 0.25) is 0 Å². The Kier molecular flexibility index (Phi) is 5.02. The van der Waals surface area contributed by atoms with E-state index in [1.807, 2.05) is 0 Å². The van der Waals surface area contributed by atoms with Crippen molar-refractivity contribution in [3.05, 3.63) is 60.6 Å². The normalized spacial score (nSPS) is 10.0. The van der Waals surface area contributed by atoms with E-state index in [9.17, 15) is 14.0 Å². The monoisotopic (exact) mass is 303 g/mol. The maximum atomic E-state index is 13.7. The van der Waals surface area contributed by atoms with Gasteiger partial charge in [-0.15, -0.1) is 6.58 Å². The second kappa shape index (κ2) is 7.16. The summed E-state index contributed by atoms with van der Waals surface area (Å²) in [6.07, 6.45) is 2.77. The van der Waals surface area contributed by atoms with Gasteiger partial charge < -0.3 is 14.7 Å². The van der Waals surface area contributed by atoms with Crippen molar-refractivity contribution in [2.75, 3.05) is 18.4 Å². The molecule has 0 fully saturated rings. The Morgan fingerprint density at radius 1 is 1.36 bits per heavy atom. The van der Waals surface area contributed by atoms with Crippen molar-refractivity contribution in [2.45, 2.75) is 0 Å². The summed E-state index contributed by atoms with van der Waals surface area (Å²) in [6, 6.07) is 7.06. The highest BCUT2D eigenvalue weighted by Crippen LogP contribution is 2.10. The second-order valence-corrected chi connectivity index (χ2v) is 4.39. The van der Waals surface area contributed by atoms with Gasteiger partial charge in [-0.1, -0.05) is 23.4 Å². The van der Waals surface area contributed by atoms with E-state index in [1.165, 1.54) is 41.5 Å². The molecule has 7 heteroatoms. The van der Waals surface area contributed by atoms with Crippen molar-refractivity contribution in [3.63, 3.8) is 0 Å². The van der Waals surface area contributed by atoms with E-state index in [2.05, 4.69) is 21.6 Å². The molecule has 0 spiro atoms. The molecule has 0 radical (unpaired) electrons. The number of aromatic nitrogens is 1. The molecule has 2 rings (SSSR count). The quantitative estimate of drug-likeness (QED) is 0.829. The molecule has 1 aromatic carbocycles. The number of rotatable bonds is 6. The number of benzene rings is 1. The molecule has 2 amide bonds. The van der Waals surface area contributed by atoms with E-state index < -0.39 is 17.6 Å². The molecule has 0 atom stereocenters. The molecule has 0 unspecified atom stereocenters. The third-order valence-electron chi connectivity index (χ3n) is 2.78. The Morgan fingerprint density at radius 2 is 2.14 bits per heavy atom. The number of halogens is 1. The summed E-state index contributed by atoms with van der Waals surface area (Å²) in [6.45, 7) is 3.39. The first-order valence-electron chi connectivity index (χ1n) is 6.46. The van der Waals surface area contributed by atoms with Crippen LogP contribution in [0.5, 0.6) is 0 Å². The number of carbonyl (C=O) groups is 2. The molecule has 0 aliphatic rings. The van der Waals surface area contributed by atoms with Crippen LogP contribution in [-0.4, -0.2) is 35.0 Å². The minimum atomic E-state index is -0.640. The van der Waals surface area contributed by atoms with Gasteiger partial charge in [-0.05, 0) is 12.1 Å². The van der Waals surface area contributed by atoms with Crippen molar-refractivity contribution in [1.82, 2.24) is 10.1 Å². The van der Waals surface area contributed by atoms with Gasteiger partial charge in [-0.2, -0.15) is 0 Å². The van der Waals surface area contributed by atoms with Gasteiger partial charge in [0.1, 0.15) is 18.6 Å². The fourth-order valence-corrected chi connectivity index (χ4v) is 1.81. The summed E-state index contributed by atoms with van der Waals surface area (Å²) < 4.78 is 18.3. The van der Waals surface area contributed by atoms with Crippen LogP contribution >= 0.6 is 0 Å². The third-order valence-corrected chi connectivity index (χ3v) is 2.78. The third kappa shape index (κ3) is 3.78. The molecule has 114 valence electrons. The standard InChI is InChI=1S/C15H14FN3O3/c1-2-8-19(10-14(20)17-13-7-9-22-18-13)15(21)11-5-3-4-6-12(11)16/h2-7,9H,1,8,10H2,(H,17,18,20). The second-order valence-electron chi connectivity index (χ2n) is 4.39. The van der Waals surface area contributed by atoms with E-state index in [1.54, 1.807) is 6.07 Å². The highest BCUT2D eigenvalue weighted by Gasteiger charge is 2.20. The number of amides is 2. The van der Waals surface area contributed by atoms with Crippen LogP contribution < -0.4 is 5.32 Å². The lowest BCUT2D eigenvalue weighted by atomic mass is 10.2. The fraction of sp³-hybridized carbons (Fsp3) is 0.133. The zero-order valence-corrected chi connectivity index (χ0v) is 11.7. The number of nitrogens with one attached hydrogen (secondary N) is 1. The van der Waals surface area contributed by atoms with Gasteiger partial charge >= 0.3 is 0 Å². The summed E-state index contributed by atoms with van der Waals surface area (Å²) in [4.78, 5) is 25.4. The largest absolute Gasteiger partial charge is 0.363 e. The Morgan fingerprint density at radius 3 is 2.77 bits per heavy atom. The lowest BCUT2D eigenvalue weighted by molar-refractivity contribution is -0.116. The molecule has 0 aliphatic heterocycles. The maximum absolute atomic E-state index is 13.7. The minimum Gasteiger partial charge on any atom is -0.363 e. The smallest absolute Gasteiger partial charge is 0.257 e. The molecule has 22 heavy (non-hydrogen) atoms. The van der Waals surface area contributed by atoms with Crippen molar-refractivity contribution in [3.8, 4) is 0 Å². The molecule has 1 N–H and O–H groups in total. The van der Waals surface area contributed by atoms with Gasteiger partial charge in [0.05, 0.1) is 5.56 Å². The van der Waals surface area contributed by atoms with Crippen molar-refractivity contribution in [1.29, 1.82) is 0 Å². The number of nitrogens with zero attached hydrogens (tertiary/aromatic N) is 2. The van der Waals surface area contributed by atoms with Crippen LogP contribution in [0.25, 0.3) is 0 Å². The summed E-state index contributed by atoms with van der Waals surface area (Å²) in [5.41, 5.74) is -0.0985. The Labute approximate surface area is 126 Å². The molecule has 1 aromatic heterocycles. The van der Waals surface area contributed by atoms with Gasteiger partial charge in [-0.25, -0.2) is 4.39 Å². The van der Waals surface area contributed by atoms with E-state index in [4.69, 9.17) is 0 Å². The first kappa shape index (κ1) is 15.4. The van der Waals surface area contributed by atoms with Crippen LogP contribution in [-0.2, 0) is 4.79 Å². The average Bonchev–Trinajstić information content (AvgIpc) is 2.99. The summed E-state index contributed by atoms with van der Waals surface area (Å²) >= 11 is 0. The lowest BCUT2D eigenvalue weighted by Crippen LogP contribution is -2.38. The number of anilines is 1. The van der Waals surface area contributed by atoms with E-state index >= 15 is 0 Å². The average molecular weight is 303 g/mol. The van der Waals surface area contributed by atoms with E-state index in [0.29, 0.717) is 0 Å². The SMILES string of the molecule is C=CCN(CC(=O)Nc1ccon1)C(=O)c1ccccc1F. The molecular weight excluding hydrogens is 289 g/mol. The van der Waals surface area contributed by atoms with Crippen LogP contribution in [0.15, 0.2) is 53.8 Å². The number of hydrogen-bond acceptors (Lipinski definition) is 4. The van der Waals surface area contributed by atoms with Gasteiger partial charge in [0.15, 0.2) is 5.82 Å². The summed E-state index contributed by atoms with van der Waals surface area (Å²) in [7, 11) is 0. The Hall–Kier alpha value is -2.96. The van der Waals surface area contributed by atoms with Gasteiger partial charge in [0, 0.05) is 12.6 Å². The molecule has 2 aromatic rings. The van der Waals surface area contributed by atoms with Crippen LogP contribution in [0.1, 0.15) is 10.4 Å². The molecule has 6 nitrogen and oxygen atoms in total. The number of hydrogen-bond donors (Lipinski definition) is 1. The van der Waals surface area contributed by atoms with Crippen LogP contribution in [0.4, 0.5) is 10.2 Å². The first-order chi connectivity index (χ1) is 10.6. The Bertz CT molecular complexity index is 670. The van der Waals surface area contributed by atoms with Crippen molar-refractivity contribution < 1.29 is 18.5 Å². The number of carbonyl (C=O) groups excluding carboxylic acids is 2. The molecule has 0 aliphatic carbocycles. The molecule has 0 saturated heterocycles. The predicted octanol–water partition coefficient (Wildman–Crippen LogP) is 2.08. The Balaban J connectivity index is 2.09. The fourth-order valence-electron chi connectivity index (χ4n) is 1.81. The van der Waals surface area contributed by atoms with Gasteiger partial charge in [0.2, 0.25) is 5.91 Å². The topological polar surface area (TPSA) is 75.4 Å². The van der Waals surface area contributed by atoms with Gasteiger partial charge in [0.25, 0.3) is 5.91 Å². The highest BCUT2D eigenvalue weighted by molar-refractivity contribution is 5.99.